The molecule has 0 saturated heterocycles. The summed E-state index contributed by atoms with van der Waals surface area (Å²) in [6, 6.07) is 11.1. The average Bonchev–Trinajstić information content (AvgIpc) is 3.73. The minimum absolute atomic E-state index is 0. The predicted molar refractivity (Wildman–Crippen MR) is 248 cm³/mol. The predicted octanol–water partition coefficient (Wildman–Crippen LogP) is 10.8. The number of alkyl halides is 6. The van der Waals surface area contributed by atoms with Crippen molar-refractivity contribution in [2.75, 3.05) is 0 Å². The summed E-state index contributed by atoms with van der Waals surface area (Å²) >= 11 is -4.09. The third-order valence-corrected chi connectivity index (χ3v) is 28.5. The zero-order chi connectivity index (χ0) is 46.9. The van der Waals surface area contributed by atoms with Crippen LogP contribution in [0.4, 0.5) is 26.3 Å². The molecule has 0 N–H and O–H groups in total. The van der Waals surface area contributed by atoms with Crippen molar-refractivity contribution in [3.8, 4) is 0 Å². The van der Waals surface area contributed by atoms with Crippen LogP contribution in [0.25, 0.3) is 0 Å². The first-order valence-electron chi connectivity index (χ1n) is 23.3. The second kappa shape index (κ2) is 17.0. The topological polar surface area (TPSA) is 0 Å². The molecule has 354 valence electrons. The molecular weight excluding hydrogens is 961 g/mol. The van der Waals surface area contributed by atoms with E-state index in [0.717, 1.165) is 31.4 Å². The molecule has 0 nitrogen and oxygen atoms in total. The van der Waals surface area contributed by atoms with E-state index in [9.17, 15) is 26.3 Å². The maximum atomic E-state index is 15.0. The van der Waals surface area contributed by atoms with Gasteiger partial charge in [-0.3, -0.25) is 0 Å². The van der Waals surface area contributed by atoms with Crippen molar-refractivity contribution in [3.63, 3.8) is 0 Å². The van der Waals surface area contributed by atoms with Crippen LogP contribution in [0.3, 0.4) is 0 Å². The molecule has 2 fully saturated rings. The summed E-state index contributed by atoms with van der Waals surface area (Å²) in [6.45, 7) is 28.4. The maximum absolute atomic E-state index is 15.0. The van der Waals surface area contributed by atoms with Crippen LogP contribution in [0.1, 0.15) is 125 Å². The Labute approximate surface area is 410 Å². The Bertz CT molecular complexity index is 2500. The summed E-state index contributed by atoms with van der Waals surface area (Å²) in [5.74, 6) is -0.0807. The van der Waals surface area contributed by atoms with Crippen molar-refractivity contribution in [1.82, 2.24) is 0 Å². The van der Waals surface area contributed by atoms with Gasteiger partial charge in [0.15, 0.2) is 0 Å². The van der Waals surface area contributed by atoms with Gasteiger partial charge in [-0.1, -0.05) is 0 Å². The minimum atomic E-state index is -4.65. The fourth-order valence-electron chi connectivity index (χ4n) is 14.9. The van der Waals surface area contributed by atoms with E-state index in [1.807, 2.05) is 0 Å². The van der Waals surface area contributed by atoms with Gasteiger partial charge >= 0.3 is 388 Å². The van der Waals surface area contributed by atoms with Crippen molar-refractivity contribution < 1.29 is 72.4 Å². The van der Waals surface area contributed by atoms with Gasteiger partial charge in [-0.15, -0.1) is 0 Å². The number of allylic oxidation sites excluding steroid dienone is 16. The fourth-order valence-corrected chi connectivity index (χ4v) is 26.7. The second-order valence-electron chi connectivity index (χ2n) is 22.2. The van der Waals surface area contributed by atoms with E-state index in [2.05, 4.69) is 162 Å². The van der Waals surface area contributed by atoms with Gasteiger partial charge in [0, 0.05) is 0 Å². The Kier molecular flexibility index (Phi) is 13.6. The first-order valence-corrected chi connectivity index (χ1v) is 27.1. The fraction of sp³-hybridized carbons (Fsp3) is 0.491. The zero-order valence-corrected chi connectivity index (χ0v) is 44.5. The van der Waals surface area contributed by atoms with Gasteiger partial charge < -0.3 is 24.8 Å². The van der Waals surface area contributed by atoms with Crippen molar-refractivity contribution in [2.24, 2.45) is 55.2 Å². The summed E-state index contributed by atoms with van der Waals surface area (Å²) in [4.78, 5) is 0. The molecule has 8 rings (SSSR count). The molecule has 0 aromatic heterocycles. The van der Waals surface area contributed by atoms with E-state index in [4.69, 9.17) is 0 Å². The van der Waals surface area contributed by atoms with Crippen molar-refractivity contribution in [1.29, 1.82) is 0 Å². The number of fused-ring (bicyclic) bond motifs is 8. The molecule has 0 heterocycles. The van der Waals surface area contributed by atoms with Gasteiger partial charge in [0.2, 0.25) is 0 Å². The van der Waals surface area contributed by atoms with Crippen molar-refractivity contribution >= 4 is 3.21 Å². The first kappa shape index (κ1) is 52.6. The van der Waals surface area contributed by atoms with Crippen LogP contribution in [0.2, 0.25) is 3.63 Å². The molecule has 2 aromatic carbocycles. The van der Waals surface area contributed by atoms with Gasteiger partial charge in [0.05, 0.1) is 0 Å². The number of halogens is 8. The molecule has 0 bridgehead atoms. The average molecular weight is 1030 g/mol. The summed E-state index contributed by atoms with van der Waals surface area (Å²) in [5.41, 5.74) is -2.01. The van der Waals surface area contributed by atoms with E-state index < -0.39 is 82.7 Å². The number of benzene rings is 2. The van der Waals surface area contributed by atoms with Crippen molar-refractivity contribution in [2.45, 2.75) is 118 Å². The largest absolute Gasteiger partial charge is 1.00 e. The minimum Gasteiger partial charge on any atom is -1.00 e. The van der Waals surface area contributed by atoms with Crippen LogP contribution in [-0.2, 0) is 33.6 Å². The SMILES string of the molecule is CCCCC1C=C(C(C)(C)C)C=[C]1[Zr+2](=[C](c1cccc(C(F)(F)F)c1)c1cccc(C(F)(F)F)c1)[CH]1C2C=CC=C(C)C2(C)C2(C)C3(C)C=CC=CC3(C)C3(C)C=CC=CC3(C)C12C.[Cl-].[Cl-]. The summed E-state index contributed by atoms with van der Waals surface area (Å²) in [5, 5.41) is 0. The molecule has 9 heteroatoms. The van der Waals surface area contributed by atoms with Gasteiger partial charge in [-0.25, -0.2) is 0 Å². The smallest absolute Gasteiger partial charge is 1.00 e. The van der Waals surface area contributed by atoms with Gasteiger partial charge in [0.25, 0.3) is 0 Å². The molecule has 0 spiro atoms. The number of hydrogen-bond acceptors (Lipinski definition) is 0. The summed E-state index contributed by atoms with van der Waals surface area (Å²) in [6.07, 6.45) is 23.7. The molecule has 0 amide bonds. The van der Waals surface area contributed by atoms with Gasteiger partial charge in [-0.05, 0) is 0 Å². The van der Waals surface area contributed by atoms with E-state index >= 15 is 0 Å². The quantitative estimate of drug-likeness (QED) is 0.243. The monoisotopic (exact) mass is 1020 g/mol. The van der Waals surface area contributed by atoms with E-state index in [-0.39, 0.29) is 45.7 Å². The van der Waals surface area contributed by atoms with Gasteiger partial charge in [0.1, 0.15) is 0 Å². The molecule has 10 atom stereocenters. The Morgan fingerprint density at radius 1 is 0.667 bits per heavy atom. The Morgan fingerprint density at radius 2 is 1.15 bits per heavy atom. The molecular formula is C57H66Cl2F6Zr. The van der Waals surface area contributed by atoms with Crippen LogP contribution in [-0.4, -0.2) is 3.21 Å². The zero-order valence-electron chi connectivity index (χ0n) is 40.5. The molecule has 10 unspecified atom stereocenters. The van der Waals surface area contributed by atoms with Crippen LogP contribution in [0.15, 0.2) is 142 Å². The van der Waals surface area contributed by atoms with E-state index in [1.165, 1.54) is 38.7 Å². The number of rotatable bonds is 7. The van der Waals surface area contributed by atoms with E-state index in [0.29, 0.717) is 14.3 Å². The number of unbranched alkanes of at least 4 members (excludes halogenated alkanes) is 1. The third-order valence-electron chi connectivity index (χ3n) is 19.2. The van der Waals surface area contributed by atoms with Gasteiger partial charge in [-0.2, -0.15) is 0 Å². The van der Waals surface area contributed by atoms with E-state index in [1.54, 1.807) is 12.1 Å². The van der Waals surface area contributed by atoms with Crippen molar-refractivity contribution in [3.05, 3.63) is 164 Å². The standard InChI is InChI=1S/C29H37.C15H8F6.C13H21.2ClH.Zr/c1-21-14-13-15-22-20-27(6)25(4)18-10-9-16-23(25,2)24(3)17-11-12-19-26(24,5)29(27,8)28(21,22)7;16-14(17,18)12-5-1-3-10(8-12)7-11-4-2-6-13(9-11)15(19,20)21;1-5-6-7-11-8-9-12(10-11)13(2,3)4;;;/h9-20,22H,1-8H3;1-6,8-9H;9-11H,5-7H2,1-4H3;2*1H;/q;;;;;+2/p-2. The van der Waals surface area contributed by atoms with Crippen LogP contribution < -0.4 is 24.8 Å². The molecule has 6 aliphatic carbocycles. The molecule has 0 aliphatic heterocycles. The Morgan fingerprint density at radius 3 is 1.64 bits per heavy atom. The van der Waals surface area contributed by atoms with Crippen LogP contribution in [0, 0.1) is 55.2 Å². The second-order valence-corrected chi connectivity index (χ2v) is 28.4. The Hall–Kier alpha value is -2.73. The third kappa shape index (κ3) is 6.85. The number of hydrogen-bond donors (Lipinski definition) is 0. The molecule has 0 radical (unpaired) electrons. The normalized spacial score (nSPS) is 36.1. The van der Waals surface area contributed by atoms with Crippen LogP contribution in [0.5, 0.6) is 0 Å². The maximum Gasteiger partial charge on any atom is -1.00 e. The molecule has 66 heavy (non-hydrogen) atoms. The molecule has 2 aromatic rings. The molecule has 2 saturated carbocycles. The summed E-state index contributed by atoms with van der Waals surface area (Å²) < 4.78 is 91.9. The summed E-state index contributed by atoms with van der Waals surface area (Å²) in [7, 11) is 0. The van der Waals surface area contributed by atoms with Crippen LogP contribution >= 0.6 is 0 Å². The Balaban J connectivity index is 0.00000360. The molecule has 6 aliphatic rings. The first-order chi connectivity index (χ1) is 29.6.